The molecule has 3 fully saturated rings. The lowest BCUT2D eigenvalue weighted by Crippen LogP contribution is -2.53. The van der Waals surface area contributed by atoms with E-state index in [1.807, 2.05) is 0 Å². The van der Waals surface area contributed by atoms with E-state index in [1.165, 1.54) is 0 Å². The third-order valence-corrected chi connectivity index (χ3v) is 6.85. The van der Waals surface area contributed by atoms with Gasteiger partial charge in [0.2, 0.25) is 11.8 Å². The minimum Gasteiger partial charge on any atom is -0.507 e. The van der Waals surface area contributed by atoms with Crippen molar-refractivity contribution in [2.24, 2.45) is 0 Å². The second-order valence-electron chi connectivity index (χ2n) is 9.35. The fourth-order valence-corrected chi connectivity index (χ4v) is 4.67. The number of piperidine rings is 1. The maximum atomic E-state index is 14.9. The van der Waals surface area contributed by atoms with Crippen molar-refractivity contribution in [3.63, 3.8) is 0 Å². The average molecular weight is 566 g/mol. The number of morpholine rings is 1. The number of aliphatic hydroxyl groups is 3. The van der Waals surface area contributed by atoms with Gasteiger partial charge in [0.25, 0.3) is 11.9 Å². The first-order valence-corrected chi connectivity index (χ1v) is 12.2. The van der Waals surface area contributed by atoms with Crippen molar-refractivity contribution in [3.8, 4) is 17.2 Å². The molecule has 3 amide bonds. The molecule has 3 saturated heterocycles. The Balaban J connectivity index is 1.65. The number of imide groups is 1. The van der Waals surface area contributed by atoms with E-state index >= 15 is 0 Å². The van der Waals surface area contributed by atoms with E-state index in [0.29, 0.717) is 26.3 Å². The molecule has 0 spiro atoms. The van der Waals surface area contributed by atoms with Gasteiger partial charge >= 0.3 is 0 Å². The second-order valence-corrected chi connectivity index (χ2v) is 9.35. The van der Waals surface area contributed by atoms with Gasteiger partial charge in [0.1, 0.15) is 18.4 Å². The van der Waals surface area contributed by atoms with Gasteiger partial charge in [-0.25, -0.2) is 4.39 Å². The molecule has 14 nitrogen and oxygen atoms in total. The molecule has 4 rings (SSSR count). The number of halogens is 1. The van der Waals surface area contributed by atoms with Gasteiger partial charge < -0.3 is 45.0 Å². The molecule has 7 N–H and O–H groups in total. The van der Waals surface area contributed by atoms with Crippen molar-refractivity contribution >= 4 is 17.7 Å². The highest BCUT2D eigenvalue weighted by molar-refractivity contribution is 6.07. The van der Waals surface area contributed by atoms with Crippen LogP contribution in [0, 0.1) is 5.82 Å². The first kappa shape index (κ1) is 28.5. The summed E-state index contributed by atoms with van der Waals surface area (Å²) in [6.07, 6.45) is -0.119. The number of aromatic hydroxyl groups is 3. The Bertz CT molecular complexity index is 1330. The maximum Gasteiger partial charge on any atom is 0.283 e. The number of phenolic OH excluding ortho intramolecular Hbond substituents is 3. The van der Waals surface area contributed by atoms with Crippen LogP contribution in [0.2, 0.25) is 0 Å². The molecule has 0 radical (unpaired) electrons. The minimum atomic E-state index is -1.42. The summed E-state index contributed by atoms with van der Waals surface area (Å²) >= 11 is 0. The third-order valence-electron chi connectivity index (χ3n) is 6.85. The number of nitrogens with one attached hydrogen (secondary N) is 1. The molecule has 0 bridgehead atoms. The smallest absolute Gasteiger partial charge is 0.283 e. The summed E-state index contributed by atoms with van der Waals surface area (Å²) in [7, 11) is 0. The van der Waals surface area contributed by atoms with E-state index < -0.39 is 94.2 Å². The van der Waals surface area contributed by atoms with Crippen LogP contribution in [0.3, 0.4) is 0 Å². The summed E-state index contributed by atoms with van der Waals surface area (Å²) in [6.45, 7) is 3.34. The monoisotopic (exact) mass is 565 g/mol. The number of hydrogen-bond donors (Lipinski definition) is 7. The molecule has 216 valence electrons. The second kappa shape index (κ2) is 11.3. The van der Waals surface area contributed by atoms with Crippen molar-refractivity contribution in [2.75, 3.05) is 32.8 Å². The predicted molar refractivity (Wildman–Crippen MR) is 131 cm³/mol. The van der Waals surface area contributed by atoms with Crippen LogP contribution in [0.1, 0.15) is 24.0 Å². The number of rotatable bonds is 7. The first-order valence-electron chi connectivity index (χ1n) is 12.2. The molecule has 0 aliphatic carbocycles. The van der Waals surface area contributed by atoms with Gasteiger partial charge in [-0.05, 0) is 6.42 Å². The first-order chi connectivity index (χ1) is 18.9. The highest BCUT2D eigenvalue weighted by atomic mass is 19.1. The fourth-order valence-electron chi connectivity index (χ4n) is 4.67. The molecule has 15 heteroatoms. The molecule has 0 saturated carbocycles. The molecule has 1 aromatic carbocycles. The highest BCUT2D eigenvalue weighted by Crippen LogP contribution is 2.43. The van der Waals surface area contributed by atoms with E-state index in [-0.39, 0.29) is 24.9 Å². The van der Waals surface area contributed by atoms with E-state index in [0.717, 1.165) is 4.90 Å². The molecule has 3 heterocycles. The zero-order valence-electron chi connectivity index (χ0n) is 21.1. The maximum absolute atomic E-state index is 14.9. The summed E-state index contributed by atoms with van der Waals surface area (Å²) in [5.74, 6) is -9.49. The lowest BCUT2D eigenvalue weighted by molar-refractivity contribution is -0.142. The van der Waals surface area contributed by atoms with Gasteiger partial charge in [-0.3, -0.25) is 24.6 Å². The Morgan fingerprint density at radius 1 is 1.05 bits per heavy atom. The summed E-state index contributed by atoms with van der Waals surface area (Å²) in [5.41, 5.74) is -1.88. The molecular formula is C25H28FN3O11. The average Bonchev–Trinajstić information content (AvgIpc) is 3.26. The van der Waals surface area contributed by atoms with Crippen LogP contribution in [0.25, 0.3) is 0 Å². The third kappa shape index (κ3) is 5.33. The van der Waals surface area contributed by atoms with Gasteiger partial charge in [0.15, 0.2) is 28.8 Å². The lowest BCUT2D eigenvalue weighted by atomic mass is 10.0. The summed E-state index contributed by atoms with van der Waals surface area (Å²) in [4.78, 5) is 39.7. The van der Waals surface area contributed by atoms with Crippen LogP contribution >= 0.6 is 0 Å². The number of carbonyl (C=O) groups is 3. The zero-order chi connectivity index (χ0) is 29.3. The van der Waals surface area contributed by atoms with Gasteiger partial charge in [-0.1, -0.05) is 6.58 Å². The van der Waals surface area contributed by atoms with Crippen molar-refractivity contribution in [1.29, 1.82) is 0 Å². The molecule has 1 aromatic rings. The van der Waals surface area contributed by atoms with E-state index in [1.54, 1.807) is 4.90 Å². The largest absolute Gasteiger partial charge is 0.507 e. The SMILES string of the molecule is C=C(O)/C(O)=C1/C(=O)N(C2CCC(=O)NC2=O)C/C1=C(/O)OCc1c(O)c(CN2CCOCC2)c(O)c(O)c1F. The Labute approximate surface area is 226 Å². The molecule has 0 aromatic heterocycles. The Morgan fingerprint density at radius 3 is 2.35 bits per heavy atom. The Morgan fingerprint density at radius 2 is 1.73 bits per heavy atom. The fraction of sp³-hybridized carbons (Fsp3) is 0.400. The number of likely N-dealkylation sites (tertiary alicyclic amines) is 1. The molecular weight excluding hydrogens is 537 g/mol. The van der Waals surface area contributed by atoms with Gasteiger partial charge in [-0.2, -0.15) is 0 Å². The number of aliphatic hydroxyl groups excluding tert-OH is 3. The van der Waals surface area contributed by atoms with Gasteiger partial charge in [0.05, 0.1) is 42.0 Å². The number of ether oxygens (including phenoxy) is 2. The van der Waals surface area contributed by atoms with Crippen molar-refractivity contribution in [2.45, 2.75) is 32.0 Å². The van der Waals surface area contributed by atoms with Crippen molar-refractivity contribution < 1.29 is 58.9 Å². The van der Waals surface area contributed by atoms with E-state index in [9.17, 15) is 49.4 Å². The minimum absolute atomic E-state index is 0.0444. The summed E-state index contributed by atoms with van der Waals surface area (Å²) in [5, 5.41) is 64.0. The summed E-state index contributed by atoms with van der Waals surface area (Å²) < 4.78 is 25.3. The van der Waals surface area contributed by atoms with Gasteiger partial charge in [-0.15, -0.1) is 0 Å². The lowest BCUT2D eigenvalue weighted by Gasteiger charge is -2.28. The molecule has 3 aliphatic heterocycles. The van der Waals surface area contributed by atoms with Gasteiger partial charge in [0, 0.05) is 26.1 Å². The number of nitrogens with zero attached hydrogens (tertiary/aromatic N) is 2. The predicted octanol–water partition coefficient (Wildman–Crippen LogP) is 0.592. The van der Waals surface area contributed by atoms with Crippen LogP contribution in [-0.2, 0) is 37.0 Å². The van der Waals surface area contributed by atoms with Crippen LogP contribution in [0.5, 0.6) is 17.2 Å². The number of benzene rings is 1. The molecule has 1 atom stereocenters. The molecule has 1 unspecified atom stereocenters. The quantitative estimate of drug-likeness (QED) is 0.0797. The van der Waals surface area contributed by atoms with Crippen LogP contribution in [-0.4, -0.2) is 97.1 Å². The van der Waals surface area contributed by atoms with E-state index in [4.69, 9.17) is 9.47 Å². The summed E-state index contributed by atoms with van der Waals surface area (Å²) in [6, 6.07) is -1.15. The van der Waals surface area contributed by atoms with Crippen LogP contribution < -0.4 is 5.32 Å². The van der Waals surface area contributed by atoms with Crippen LogP contribution in [0.4, 0.5) is 4.39 Å². The van der Waals surface area contributed by atoms with Crippen LogP contribution in [0.15, 0.2) is 35.2 Å². The van der Waals surface area contributed by atoms with Crippen molar-refractivity contribution in [3.05, 3.63) is 52.1 Å². The molecule has 3 aliphatic rings. The number of hydrogen-bond acceptors (Lipinski definition) is 12. The standard InChI is InChI=1S/C25H28FN3O11/c1-11(30)19(32)17-12(9-29(24(17)37)15-2-3-16(31)27-23(15)36)25(38)40-10-14-18(26)22(35)21(34)13(20(14)33)8-28-4-6-39-7-5-28/h15,30,32-35,38H,1-10H2,(H,27,31,36)/b19-17-,25-12+. The number of amides is 3. The normalized spacial score (nSPS) is 22.8. The topological polar surface area (TPSA) is 210 Å². The Hall–Kier alpha value is -4.50. The van der Waals surface area contributed by atoms with E-state index in [2.05, 4.69) is 11.9 Å². The number of carbonyl (C=O) groups excluding carboxylic acids is 3. The molecule has 40 heavy (non-hydrogen) atoms. The Kier molecular flexibility index (Phi) is 8.06. The van der Waals surface area contributed by atoms with Crippen molar-refractivity contribution in [1.82, 2.24) is 15.1 Å². The zero-order valence-corrected chi connectivity index (χ0v) is 21.1. The highest BCUT2D eigenvalue weighted by Gasteiger charge is 2.44. The number of phenols is 3.